The first-order valence-electron chi connectivity index (χ1n) is 14.7. The molecule has 4 aliphatic heterocycles. The molecule has 0 saturated carbocycles. The van der Waals surface area contributed by atoms with Crippen molar-refractivity contribution in [2.24, 2.45) is 5.92 Å². The quantitative estimate of drug-likeness (QED) is 0.362. The second kappa shape index (κ2) is 13.1. The van der Waals surface area contributed by atoms with E-state index in [1.54, 1.807) is 23.1 Å². The number of aliphatic carboxylic acids is 1. The molecule has 1 N–H and O–H groups in total. The van der Waals surface area contributed by atoms with Crippen molar-refractivity contribution in [1.29, 1.82) is 0 Å². The van der Waals surface area contributed by atoms with E-state index in [0.717, 1.165) is 49.3 Å². The zero-order chi connectivity index (χ0) is 29.8. The number of fused-ring (bicyclic) bond motifs is 3. The monoisotopic (exact) mass is 601 g/mol. The van der Waals surface area contributed by atoms with Crippen molar-refractivity contribution in [2.75, 3.05) is 36.8 Å². The van der Waals surface area contributed by atoms with Crippen molar-refractivity contribution < 1.29 is 29.0 Å². The predicted octanol–water partition coefficient (Wildman–Crippen LogP) is 5.10. The molecule has 3 aromatic rings. The fraction of sp³-hybridized carbons (Fsp3) is 0.364. The van der Waals surface area contributed by atoms with E-state index in [2.05, 4.69) is 4.90 Å². The average Bonchev–Trinajstić information content (AvgIpc) is 3.54. The summed E-state index contributed by atoms with van der Waals surface area (Å²) in [7, 11) is 0. The van der Waals surface area contributed by atoms with Crippen molar-refractivity contribution in [2.45, 2.75) is 37.5 Å². The van der Waals surface area contributed by atoms with Gasteiger partial charge in [-0.05, 0) is 79.4 Å². The largest absolute Gasteiger partial charge is 0.489 e. The summed E-state index contributed by atoms with van der Waals surface area (Å²) in [5.74, 6) is 0.349. The standard InChI is InChI=1S/C33H35N3O6S/c37-30(35-16-17-43-31(35)32(38)39)26-8-4-7-24(18-26)22-41-28-11-5-6-23(19-28)20-36(27-9-2-1-3-10-27)33(40)42-29-21-34-14-12-25(29)13-15-34/h1-11,18-19,25,29,31H,12-17,20-22H2,(H,38,39)/t29-,31-/m0/s1. The lowest BCUT2D eigenvalue weighted by atomic mass is 9.86. The van der Waals surface area contributed by atoms with Gasteiger partial charge in [0.2, 0.25) is 0 Å². The van der Waals surface area contributed by atoms with Crippen molar-refractivity contribution in [1.82, 2.24) is 9.80 Å². The first-order chi connectivity index (χ1) is 20.9. The number of rotatable bonds is 9. The molecular weight excluding hydrogens is 566 g/mol. The zero-order valence-electron chi connectivity index (χ0n) is 23.8. The third kappa shape index (κ3) is 6.81. The van der Waals surface area contributed by atoms with Gasteiger partial charge in [0, 0.05) is 30.1 Å². The van der Waals surface area contributed by atoms with Gasteiger partial charge < -0.3 is 19.5 Å². The molecule has 10 heteroatoms. The van der Waals surface area contributed by atoms with Crippen LogP contribution >= 0.6 is 11.8 Å². The summed E-state index contributed by atoms with van der Waals surface area (Å²) >= 11 is 1.26. The number of piperidine rings is 3. The van der Waals surface area contributed by atoms with E-state index in [1.807, 2.05) is 60.7 Å². The summed E-state index contributed by atoms with van der Waals surface area (Å²) in [4.78, 5) is 43.5. The maximum absolute atomic E-state index is 13.5. The van der Waals surface area contributed by atoms with Gasteiger partial charge in [0.25, 0.3) is 5.91 Å². The maximum atomic E-state index is 13.5. The van der Waals surface area contributed by atoms with Crippen LogP contribution < -0.4 is 9.64 Å². The van der Waals surface area contributed by atoms with Crippen LogP contribution in [0.3, 0.4) is 0 Å². The number of hydrogen-bond acceptors (Lipinski definition) is 7. The Bertz CT molecular complexity index is 1460. The Hall–Kier alpha value is -4.02. The summed E-state index contributed by atoms with van der Waals surface area (Å²) in [5.41, 5.74) is 2.89. The molecule has 2 atom stereocenters. The van der Waals surface area contributed by atoms with Gasteiger partial charge in [-0.25, -0.2) is 9.59 Å². The van der Waals surface area contributed by atoms with Crippen LogP contribution in [0.1, 0.15) is 34.3 Å². The van der Waals surface area contributed by atoms with E-state index < -0.39 is 11.3 Å². The third-order valence-corrected chi connectivity index (χ3v) is 9.51. The van der Waals surface area contributed by atoms with Crippen LogP contribution in [0, 0.1) is 5.92 Å². The smallest absolute Gasteiger partial charge is 0.414 e. The Labute approximate surface area is 255 Å². The van der Waals surface area contributed by atoms with Gasteiger partial charge in [-0.1, -0.05) is 42.5 Å². The molecule has 43 heavy (non-hydrogen) atoms. The summed E-state index contributed by atoms with van der Waals surface area (Å²) < 4.78 is 12.2. The Morgan fingerprint density at radius 3 is 2.42 bits per heavy atom. The number of carboxylic acid groups (broad SMARTS) is 1. The summed E-state index contributed by atoms with van der Waals surface area (Å²) in [6.45, 7) is 3.91. The number of thioether (sulfide) groups is 1. The van der Waals surface area contributed by atoms with Crippen molar-refractivity contribution in [3.8, 4) is 5.75 Å². The molecular formula is C33H35N3O6S. The molecule has 3 aromatic carbocycles. The second-order valence-corrected chi connectivity index (χ2v) is 12.4. The summed E-state index contributed by atoms with van der Waals surface area (Å²) in [6.07, 6.45) is 1.71. The van der Waals surface area contributed by atoms with Crippen molar-refractivity contribution >= 4 is 35.4 Å². The summed E-state index contributed by atoms with van der Waals surface area (Å²) in [6, 6.07) is 24.3. The van der Waals surface area contributed by atoms with E-state index in [0.29, 0.717) is 36.1 Å². The van der Waals surface area contributed by atoms with Gasteiger partial charge >= 0.3 is 12.1 Å². The number of anilines is 1. The molecule has 224 valence electrons. The minimum absolute atomic E-state index is 0.0854. The van der Waals surface area contributed by atoms with E-state index in [9.17, 15) is 19.5 Å². The molecule has 2 amide bonds. The van der Waals surface area contributed by atoms with Crippen LogP contribution in [0.4, 0.5) is 10.5 Å². The molecule has 9 nitrogen and oxygen atoms in total. The van der Waals surface area contributed by atoms with Crippen LogP contribution in [0.15, 0.2) is 78.9 Å². The minimum Gasteiger partial charge on any atom is -0.489 e. The molecule has 2 bridgehead atoms. The second-order valence-electron chi connectivity index (χ2n) is 11.2. The SMILES string of the molecule is O=C(O)[C@@H]1SCCN1C(=O)c1cccc(COc2cccc(CN(C(=O)O[C@H]3CN4CCC3CC4)c3ccccc3)c2)c1. The van der Waals surface area contributed by atoms with Crippen LogP contribution in [0.2, 0.25) is 0 Å². The lowest BCUT2D eigenvalue weighted by molar-refractivity contribution is -0.138. The van der Waals surface area contributed by atoms with Crippen LogP contribution in [-0.4, -0.2) is 76.3 Å². The molecule has 4 fully saturated rings. The normalized spacial score (nSPS) is 22.7. The molecule has 4 heterocycles. The predicted molar refractivity (Wildman–Crippen MR) is 164 cm³/mol. The van der Waals surface area contributed by atoms with Crippen LogP contribution in [-0.2, 0) is 22.7 Å². The Morgan fingerprint density at radius 1 is 0.907 bits per heavy atom. The highest BCUT2D eigenvalue weighted by molar-refractivity contribution is 8.00. The Kier molecular flexibility index (Phi) is 8.85. The highest BCUT2D eigenvalue weighted by Gasteiger charge is 2.38. The molecule has 0 aromatic heterocycles. The summed E-state index contributed by atoms with van der Waals surface area (Å²) in [5, 5.41) is 8.58. The van der Waals surface area contributed by atoms with E-state index >= 15 is 0 Å². The van der Waals surface area contributed by atoms with Crippen molar-refractivity contribution in [3.63, 3.8) is 0 Å². The third-order valence-electron chi connectivity index (χ3n) is 8.32. The van der Waals surface area contributed by atoms with E-state index in [1.165, 1.54) is 16.7 Å². The number of amides is 2. The van der Waals surface area contributed by atoms with Gasteiger partial charge in [0.1, 0.15) is 18.5 Å². The lowest BCUT2D eigenvalue weighted by Crippen LogP contribution is -2.53. The number of benzene rings is 3. The van der Waals surface area contributed by atoms with Gasteiger partial charge in [0.15, 0.2) is 5.37 Å². The highest BCUT2D eigenvalue weighted by Crippen LogP contribution is 2.31. The molecule has 4 aliphatic rings. The zero-order valence-corrected chi connectivity index (χ0v) is 24.7. The van der Waals surface area contributed by atoms with Crippen molar-refractivity contribution in [3.05, 3.63) is 95.6 Å². The number of carbonyl (C=O) groups is 3. The fourth-order valence-electron chi connectivity index (χ4n) is 6.03. The average molecular weight is 602 g/mol. The number of carboxylic acids is 1. The lowest BCUT2D eigenvalue weighted by Gasteiger charge is -2.44. The van der Waals surface area contributed by atoms with Crippen LogP contribution in [0.25, 0.3) is 0 Å². The number of hydrogen-bond donors (Lipinski definition) is 1. The fourth-order valence-corrected chi connectivity index (χ4v) is 7.08. The number of nitrogens with zero attached hydrogens (tertiary/aromatic N) is 3. The van der Waals surface area contributed by atoms with Gasteiger partial charge in [-0.15, -0.1) is 11.8 Å². The van der Waals surface area contributed by atoms with Gasteiger partial charge in [0.05, 0.1) is 6.54 Å². The molecule has 0 aliphatic carbocycles. The Morgan fingerprint density at radius 2 is 1.67 bits per heavy atom. The van der Waals surface area contributed by atoms with E-state index in [4.69, 9.17) is 9.47 Å². The number of carbonyl (C=O) groups excluding carboxylic acids is 2. The van der Waals surface area contributed by atoms with Gasteiger partial charge in [-0.2, -0.15) is 0 Å². The maximum Gasteiger partial charge on any atom is 0.414 e. The highest BCUT2D eigenvalue weighted by atomic mass is 32.2. The number of ether oxygens (including phenoxy) is 2. The van der Waals surface area contributed by atoms with Crippen LogP contribution in [0.5, 0.6) is 5.75 Å². The first kappa shape index (κ1) is 29.1. The number of para-hydroxylation sites is 1. The minimum atomic E-state index is -1.01. The van der Waals surface area contributed by atoms with Gasteiger partial charge in [-0.3, -0.25) is 14.6 Å². The molecule has 4 saturated heterocycles. The molecule has 0 unspecified atom stereocenters. The molecule has 7 rings (SSSR count). The molecule has 0 radical (unpaired) electrons. The topological polar surface area (TPSA) is 99.6 Å². The van der Waals surface area contributed by atoms with E-state index in [-0.39, 0.29) is 24.7 Å². The Balaban J connectivity index is 1.12. The first-order valence-corrected chi connectivity index (χ1v) is 15.7. The molecule has 0 spiro atoms.